The van der Waals surface area contributed by atoms with Gasteiger partial charge in [0, 0.05) is 5.39 Å². The Kier molecular flexibility index (Phi) is 2.27. The van der Waals surface area contributed by atoms with Crippen LogP contribution in [0.15, 0.2) is 34.2 Å². The molecule has 4 rings (SSSR count). The molecule has 0 atom stereocenters. The molecule has 0 aliphatic rings. The second-order valence-electron chi connectivity index (χ2n) is 4.21. The number of hydrogen-bond acceptors (Lipinski definition) is 6. The largest absolute Gasteiger partial charge is 0.320 e. The number of aromatic amines is 1. The van der Waals surface area contributed by atoms with Crippen molar-refractivity contribution in [1.82, 2.24) is 29.8 Å². The summed E-state index contributed by atoms with van der Waals surface area (Å²) < 4.78 is 1.58. The van der Waals surface area contributed by atoms with Gasteiger partial charge in [-0.1, -0.05) is 30.0 Å². The predicted molar refractivity (Wildman–Crippen MR) is 76.0 cm³/mol. The number of fused-ring (bicyclic) bond motifs is 5. The van der Waals surface area contributed by atoms with Gasteiger partial charge in [-0.05, 0) is 12.3 Å². The van der Waals surface area contributed by atoms with Crippen LogP contribution < -0.4 is 5.56 Å². The number of nitrogens with zero attached hydrogens (tertiary/aromatic N) is 5. The highest BCUT2D eigenvalue weighted by atomic mass is 32.2. The quantitative estimate of drug-likeness (QED) is 0.418. The number of thioether (sulfide) groups is 1. The first kappa shape index (κ1) is 11.4. The standard InChI is InChI=1S/C12H8N6OS/c1-20-12-14-11-16-15-8-9(18(11)17-12)6-4-2-3-5-7(6)13-10(8)19/h2-5H,1H3,(H,13,19). The lowest BCUT2D eigenvalue weighted by atomic mass is 10.2. The third-order valence-corrected chi connectivity index (χ3v) is 3.61. The SMILES string of the molecule is CSc1nc2nnc3c(=O)[nH]c4ccccc4c3n2n1. The smallest absolute Gasteiger partial charge is 0.278 e. The highest BCUT2D eigenvalue weighted by Gasteiger charge is 2.14. The molecule has 0 fully saturated rings. The zero-order chi connectivity index (χ0) is 13.7. The lowest BCUT2D eigenvalue weighted by molar-refractivity contribution is 0.897. The van der Waals surface area contributed by atoms with E-state index in [-0.39, 0.29) is 11.1 Å². The maximum atomic E-state index is 12.1. The molecule has 0 aliphatic heterocycles. The van der Waals surface area contributed by atoms with Gasteiger partial charge in [0.15, 0.2) is 5.52 Å². The van der Waals surface area contributed by atoms with E-state index in [1.54, 1.807) is 4.52 Å². The number of rotatable bonds is 1. The number of benzene rings is 1. The summed E-state index contributed by atoms with van der Waals surface area (Å²) in [5.41, 5.74) is 1.34. The number of pyridine rings is 1. The van der Waals surface area contributed by atoms with E-state index in [9.17, 15) is 4.79 Å². The summed E-state index contributed by atoms with van der Waals surface area (Å²) in [6, 6.07) is 7.52. The van der Waals surface area contributed by atoms with Gasteiger partial charge in [-0.15, -0.1) is 15.3 Å². The van der Waals surface area contributed by atoms with Crippen molar-refractivity contribution in [2.24, 2.45) is 0 Å². The molecule has 4 aromatic rings. The summed E-state index contributed by atoms with van der Waals surface area (Å²) >= 11 is 1.42. The first-order valence-corrected chi connectivity index (χ1v) is 7.08. The topological polar surface area (TPSA) is 88.8 Å². The van der Waals surface area contributed by atoms with Crippen LogP contribution in [0.25, 0.3) is 27.7 Å². The molecule has 0 amide bonds. The molecule has 8 heteroatoms. The number of nitrogens with one attached hydrogen (secondary N) is 1. The summed E-state index contributed by atoms with van der Waals surface area (Å²) in [4.78, 5) is 19.1. The molecule has 0 unspecified atom stereocenters. The molecule has 7 nitrogen and oxygen atoms in total. The Labute approximate surface area is 116 Å². The van der Waals surface area contributed by atoms with Crippen molar-refractivity contribution in [2.45, 2.75) is 5.16 Å². The van der Waals surface area contributed by atoms with Crippen LogP contribution in [0.4, 0.5) is 0 Å². The molecule has 0 bridgehead atoms. The zero-order valence-corrected chi connectivity index (χ0v) is 11.2. The lowest BCUT2D eigenvalue weighted by Gasteiger charge is -2.03. The minimum absolute atomic E-state index is 0.258. The Hall–Kier alpha value is -2.48. The van der Waals surface area contributed by atoms with Crippen molar-refractivity contribution in [3.8, 4) is 0 Å². The Bertz CT molecular complexity index is 1020. The van der Waals surface area contributed by atoms with Gasteiger partial charge in [0.2, 0.25) is 5.16 Å². The van der Waals surface area contributed by atoms with Crippen LogP contribution >= 0.6 is 11.8 Å². The summed E-state index contributed by atoms with van der Waals surface area (Å²) in [7, 11) is 0. The summed E-state index contributed by atoms with van der Waals surface area (Å²) in [6.07, 6.45) is 1.88. The van der Waals surface area contributed by atoms with E-state index < -0.39 is 0 Å². The second kappa shape index (κ2) is 4.01. The average Bonchev–Trinajstić information content (AvgIpc) is 2.90. The van der Waals surface area contributed by atoms with Crippen LogP contribution in [0.1, 0.15) is 0 Å². The maximum absolute atomic E-state index is 12.1. The maximum Gasteiger partial charge on any atom is 0.278 e. The monoisotopic (exact) mass is 284 g/mol. The van der Waals surface area contributed by atoms with E-state index >= 15 is 0 Å². The second-order valence-corrected chi connectivity index (χ2v) is 4.98. The van der Waals surface area contributed by atoms with E-state index in [1.165, 1.54) is 11.8 Å². The Morgan fingerprint density at radius 2 is 2.10 bits per heavy atom. The van der Waals surface area contributed by atoms with Crippen LogP contribution in [-0.2, 0) is 0 Å². The fraction of sp³-hybridized carbons (Fsp3) is 0.0833. The molecule has 0 spiro atoms. The number of para-hydroxylation sites is 1. The highest BCUT2D eigenvalue weighted by Crippen LogP contribution is 2.20. The van der Waals surface area contributed by atoms with E-state index in [0.717, 1.165) is 10.9 Å². The van der Waals surface area contributed by atoms with Crippen molar-refractivity contribution in [2.75, 3.05) is 6.26 Å². The number of H-pyrrole nitrogens is 1. The van der Waals surface area contributed by atoms with Gasteiger partial charge >= 0.3 is 0 Å². The normalized spacial score (nSPS) is 11.7. The van der Waals surface area contributed by atoms with Crippen molar-refractivity contribution in [3.63, 3.8) is 0 Å². The van der Waals surface area contributed by atoms with Crippen LogP contribution in [0.3, 0.4) is 0 Å². The van der Waals surface area contributed by atoms with Gasteiger partial charge in [0.25, 0.3) is 11.3 Å². The Morgan fingerprint density at radius 3 is 2.95 bits per heavy atom. The van der Waals surface area contributed by atoms with Crippen LogP contribution in [0, 0.1) is 0 Å². The average molecular weight is 284 g/mol. The summed E-state index contributed by atoms with van der Waals surface area (Å²) in [5, 5.41) is 13.8. The van der Waals surface area contributed by atoms with Gasteiger partial charge < -0.3 is 4.98 Å². The van der Waals surface area contributed by atoms with E-state index in [1.807, 2.05) is 30.5 Å². The Morgan fingerprint density at radius 1 is 1.25 bits per heavy atom. The molecular formula is C12H8N6OS. The first-order chi connectivity index (χ1) is 9.78. The number of hydrogen-bond donors (Lipinski definition) is 1. The third-order valence-electron chi connectivity index (χ3n) is 3.07. The minimum Gasteiger partial charge on any atom is -0.320 e. The molecular weight excluding hydrogens is 276 g/mol. The fourth-order valence-corrected chi connectivity index (χ4v) is 2.54. The van der Waals surface area contributed by atoms with Crippen LogP contribution in [0.5, 0.6) is 0 Å². The van der Waals surface area contributed by atoms with Gasteiger partial charge in [0.05, 0.1) is 5.52 Å². The van der Waals surface area contributed by atoms with E-state index in [4.69, 9.17) is 0 Å². The molecule has 1 N–H and O–H groups in total. The van der Waals surface area contributed by atoms with E-state index in [0.29, 0.717) is 16.5 Å². The molecule has 0 saturated carbocycles. The first-order valence-electron chi connectivity index (χ1n) is 5.86. The van der Waals surface area contributed by atoms with Crippen molar-refractivity contribution < 1.29 is 0 Å². The molecule has 20 heavy (non-hydrogen) atoms. The zero-order valence-electron chi connectivity index (χ0n) is 10.4. The van der Waals surface area contributed by atoms with Crippen molar-refractivity contribution >= 4 is 39.5 Å². The van der Waals surface area contributed by atoms with Gasteiger partial charge in [-0.2, -0.15) is 9.50 Å². The third kappa shape index (κ3) is 1.45. The molecule has 0 radical (unpaired) electrons. The molecule has 98 valence electrons. The van der Waals surface area contributed by atoms with Crippen molar-refractivity contribution in [1.29, 1.82) is 0 Å². The van der Waals surface area contributed by atoms with Crippen molar-refractivity contribution in [3.05, 3.63) is 34.6 Å². The molecule has 0 aliphatic carbocycles. The predicted octanol–water partition coefficient (Wildman–Crippen LogP) is 1.24. The number of aromatic nitrogens is 6. The molecule has 3 aromatic heterocycles. The molecule has 1 aromatic carbocycles. The minimum atomic E-state index is -0.283. The lowest BCUT2D eigenvalue weighted by Crippen LogP contribution is -2.12. The van der Waals surface area contributed by atoms with Gasteiger partial charge in [-0.25, -0.2) is 0 Å². The van der Waals surface area contributed by atoms with E-state index in [2.05, 4.69) is 25.3 Å². The van der Waals surface area contributed by atoms with Gasteiger partial charge in [-0.3, -0.25) is 4.79 Å². The molecule has 3 heterocycles. The fourth-order valence-electron chi connectivity index (χ4n) is 2.20. The van der Waals surface area contributed by atoms with Crippen LogP contribution in [0.2, 0.25) is 0 Å². The Balaban J connectivity index is 2.35. The molecule has 0 saturated heterocycles. The van der Waals surface area contributed by atoms with Crippen LogP contribution in [-0.4, -0.2) is 36.0 Å². The summed E-state index contributed by atoms with van der Waals surface area (Å²) in [5.74, 6) is 0.387. The van der Waals surface area contributed by atoms with Gasteiger partial charge in [0.1, 0.15) is 5.52 Å². The summed E-state index contributed by atoms with van der Waals surface area (Å²) in [6.45, 7) is 0. The highest BCUT2D eigenvalue weighted by molar-refractivity contribution is 7.98.